The van der Waals surface area contributed by atoms with Gasteiger partial charge in [-0.05, 0) is 24.6 Å². The molecule has 0 bridgehead atoms. The maximum absolute atomic E-state index is 12.5. The fourth-order valence-corrected chi connectivity index (χ4v) is 2.96. The lowest BCUT2D eigenvalue weighted by Gasteiger charge is -2.19. The minimum atomic E-state index is -0.364. The van der Waals surface area contributed by atoms with Crippen molar-refractivity contribution in [3.63, 3.8) is 0 Å². The van der Waals surface area contributed by atoms with Crippen molar-refractivity contribution in [3.05, 3.63) is 72.0 Å². The summed E-state index contributed by atoms with van der Waals surface area (Å²) in [5.74, 6) is 0.382. The zero-order valence-electron chi connectivity index (χ0n) is 14.9. The van der Waals surface area contributed by atoms with Gasteiger partial charge in [0, 0.05) is 12.3 Å². The molecule has 0 aliphatic carbocycles. The van der Waals surface area contributed by atoms with Crippen LogP contribution in [0.4, 0.5) is 0 Å². The molecule has 3 rings (SSSR count). The summed E-state index contributed by atoms with van der Waals surface area (Å²) < 4.78 is 5.80. The Balaban J connectivity index is 1.68. The van der Waals surface area contributed by atoms with Crippen molar-refractivity contribution in [3.8, 4) is 0 Å². The van der Waals surface area contributed by atoms with E-state index in [1.165, 1.54) is 6.92 Å². The van der Waals surface area contributed by atoms with Crippen LogP contribution in [-0.4, -0.2) is 11.8 Å². The number of hydrogen-bond donors (Lipinski definition) is 2. The van der Waals surface area contributed by atoms with E-state index in [4.69, 9.17) is 4.42 Å². The average Bonchev–Trinajstić information content (AvgIpc) is 3.06. The molecule has 3 aromatic rings. The smallest absolute Gasteiger partial charge is 0.222 e. The van der Waals surface area contributed by atoms with Crippen molar-refractivity contribution < 1.29 is 14.0 Å². The molecule has 0 saturated heterocycles. The number of nitrogens with one attached hydrogen (secondary N) is 2. The number of amides is 2. The third kappa shape index (κ3) is 4.30. The largest absolute Gasteiger partial charge is 0.459 e. The van der Waals surface area contributed by atoms with E-state index < -0.39 is 0 Å². The van der Waals surface area contributed by atoms with Crippen LogP contribution in [0.5, 0.6) is 0 Å². The molecule has 134 valence electrons. The van der Waals surface area contributed by atoms with Gasteiger partial charge in [-0.3, -0.25) is 9.59 Å². The summed E-state index contributed by atoms with van der Waals surface area (Å²) in [6.07, 6.45) is 0.161. The second kappa shape index (κ2) is 7.87. The fraction of sp³-hybridized carbons (Fsp3) is 0.238. The van der Waals surface area contributed by atoms with Gasteiger partial charge in [0.15, 0.2) is 0 Å². The van der Waals surface area contributed by atoms with Gasteiger partial charge in [-0.25, -0.2) is 0 Å². The summed E-state index contributed by atoms with van der Waals surface area (Å²) in [7, 11) is 0. The number of rotatable bonds is 6. The molecule has 0 saturated carbocycles. The molecule has 5 nitrogen and oxygen atoms in total. The van der Waals surface area contributed by atoms with Crippen molar-refractivity contribution in [2.45, 2.75) is 32.4 Å². The third-order valence-corrected chi connectivity index (χ3v) is 4.22. The van der Waals surface area contributed by atoms with Crippen LogP contribution in [0.3, 0.4) is 0 Å². The van der Waals surface area contributed by atoms with Crippen molar-refractivity contribution >= 4 is 22.8 Å². The van der Waals surface area contributed by atoms with Gasteiger partial charge in [-0.1, -0.05) is 48.5 Å². The van der Waals surface area contributed by atoms with Crippen molar-refractivity contribution in [1.29, 1.82) is 0 Å². The highest BCUT2D eigenvalue weighted by Crippen LogP contribution is 2.24. The lowest BCUT2D eigenvalue weighted by molar-refractivity contribution is -0.123. The number of carbonyl (C=O) groups is 2. The van der Waals surface area contributed by atoms with Gasteiger partial charge in [0.1, 0.15) is 11.3 Å². The highest BCUT2D eigenvalue weighted by Gasteiger charge is 2.20. The predicted molar refractivity (Wildman–Crippen MR) is 100 cm³/mol. The number of para-hydroxylation sites is 1. The Labute approximate surface area is 152 Å². The lowest BCUT2D eigenvalue weighted by Crippen LogP contribution is -2.33. The monoisotopic (exact) mass is 350 g/mol. The summed E-state index contributed by atoms with van der Waals surface area (Å²) in [6.45, 7) is 3.33. The van der Waals surface area contributed by atoms with Gasteiger partial charge in [0.2, 0.25) is 11.8 Å². The van der Waals surface area contributed by atoms with Crippen LogP contribution in [0.1, 0.15) is 43.7 Å². The third-order valence-electron chi connectivity index (χ3n) is 4.22. The van der Waals surface area contributed by atoms with Gasteiger partial charge in [-0.2, -0.15) is 0 Å². The normalized spacial score (nSPS) is 13.2. The molecule has 26 heavy (non-hydrogen) atoms. The topological polar surface area (TPSA) is 71.3 Å². The van der Waals surface area contributed by atoms with E-state index in [9.17, 15) is 9.59 Å². The number of hydrogen-bond acceptors (Lipinski definition) is 3. The molecule has 2 aromatic carbocycles. The number of fused-ring (bicyclic) bond motifs is 1. The van der Waals surface area contributed by atoms with E-state index >= 15 is 0 Å². The molecule has 0 unspecified atom stereocenters. The van der Waals surface area contributed by atoms with Crippen molar-refractivity contribution in [2.24, 2.45) is 0 Å². The Morgan fingerprint density at radius 3 is 2.38 bits per heavy atom. The van der Waals surface area contributed by atoms with E-state index in [2.05, 4.69) is 10.6 Å². The van der Waals surface area contributed by atoms with Crippen LogP contribution in [0, 0.1) is 0 Å². The molecule has 2 atom stereocenters. The Morgan fingerprint density at radius 2 is 1.69 bits per heavy atom. The van der Waals surface area contributed by atoms with Crippen molar-refractivity contribution in [1.82, 2.24) is 10.6 Å². The quantitative estimate of drug-likeness (QED) is 0.709. The molecule has 1 aromatic heterocycles. The summed E-state index contributed by atoms with van der Waals surface area (Å²) in [6, 6.07) is 18.5. The van der Waals surface area contributed by atoms with E-state index in [1.807, 2.05) is 67.6 Å². The molecule has 0 spiro atoms. The van der Waals surface area contributed by atoms with Crippen LogP contribution >= 0.6 is 0 Å². The molecule has 0 radical (unpaired) electrons. The first-order valence-corrected chi connectivity index (χ1v) is 8.63. The Morgan fingerprint density at radius 1 is 1.00 bits per heavy atom. The predicted octanol–water partition coefficient (Wildman–Crippen LogP) is 3.88. The van der Waals surface area contributed by atoms with E-state index in [0.29, 0.717) is 5.76 Å². The van der Waals surface area contributed by atoms with Crippen molar-refractivity contribution in [2.75, 3.05) is 0 Å². The van der Waals surface area contributed by atoms with E-state index in [-0.39, 0.29) is 30.3 Å². The second-order valence-electron chi connectivity index (χ2n) is 6.34. The highest BCUT2D eigenvalue weighted by molar-refractivity contribution is 5.80. The molecular formula is C21H22N2O3. The first-order valence-electron chi connectivity index (χ1n) is 8.63. The molecule has 5 heteroatoms. The van der Waals surface area contributed by atoms with Gasteiger partial charge >= 0.3 is 0 Å². The molecule has 0 fully saturated rings. The second-order valence-corrected chi connectivity index (χ2v) is 6.34. The van der Waals surface area contributed by atoms with Gasteiger partial charge in [-0.15, -0.1) is 0 Å². The molecule has 0 aliphatic heterocycles. The number of carbonyl (C=O) groups excluding carboxylic acids is 2. The summed E-state index contributed by atoms with van der Waals surface area (Å²) in [4.78, 5) is 24.0. The standard InChI is InChI=1S/C21H22N2O3/c1-14(20-12-17-10-6-7-11-19(17)26-20)22-21(25)13-18(23-15(2)24)16-8-4-3-5-9-16/h3-12,14,18H,13H2,1-2H3,(H,22,25)(H,23,24)/t14-,18-/m0/s1. The van der Waals surface area contributed by atoms with Gasteiger partial charge in [0.25, 0.3) is 0 Å². The summed E-state index contributed by atoms with van der Waals surface area (Å²) in [5.41, 5.74) is 1.69. The van der Waals surface area contributed by atoms with Crippen LogP contribution in [0.2, 0.25) is 0 Å². The van der Waals surface area contributed by atoms with Gasteiger partial charge in [0.05, 0.1) is 18.5 Å². The highest BCUT2D eigenvalue weighted by atomic mass is 16.3. The maximum Gasteiger partial charge on any atom is 0.222 e. The molecule has 2 amide bonds. The summed E-state index contributed by atoms with van der Waals surface area (Å²) in [5, 5.41) is 6.79. The summed E-state index contributed by atoms with van der Waals surface area (Å²) >= 11 is 0. The first kappa shape index (κ1) is 17.7. The van der Waals surface area contributed by atoms with Crippen LogP contribution in [0.25, 0.3) is 11.0 Å². The van der Waals surface area contributed by atoms with Crippen LogP contribution in [-0.2, 0) is 9.59 Å². The SMILES string of the molecule is CC(=O)N[C@@H](CC(=O)N[C@@H](C)c1cc2ccccc2o1)c1ccccc1. The zero-order valence-corrected chi connectivity index (χ0v) is 14.9. The molecule has 1 heterocycles. The van der Waals surface area contributed by atoms with Crippen LogP contribution in [0.15, 0.2) is 65.1 Å². The van der Waals surface area contributed by atoms with Crippen LogP contribution < -0.4 is 10.6 Å². The minimum Gasteiger partial charge on any atom is -0.459 e. The fourth-order valence-electron chi connectivity index (χ4n) is 2.96. The van der Waals surface area contributed by atoms with E-state index in [0.717, 1.165) is 16.5 Å². The molecular weight excluding hydrogens is 328 g/mol. The molecule has 2 N–H and O–H groups in total. The molecule has 0 aliphatic rings. The van der Waals surface area contributed by atoms with E-state index in [1.54, 1.807) is 0 Å². The zero-order chi connectivity index (χ0) is 18.5. The minimum absolute atomic E-state index is 0.152. The number of furan rings is 1. The number of benzene rings is 2. The Kier molecular flexibility index (Phi) is 5.37. The lowest BCUT2D eigenvalue weighted by atomic mass is 10.0. The Hall–Kier alpha value is -3.08. The Bertz CT molecular complexity index is 869. The van der Waals surface area contributed by atoms with Gasteiger partial charge < -0.3 is 15.1 Å². The maximum atomic E-state index is 12.5. The average molecular weight is 350 g/mol. The first-order chi connectivity index (χ1) is 12.5.